The molecule has 0 atom stereocenters. The zero-order chi connectivity index (χ0) is 15.6. The van der Waals surface area contributed by atoms with Gasteiger partial charge in [-0.05, 0) is 43.5 Å². The molecule has 3 rings (SSSR count). The maximum atomic E-state index is 12.8. The van der Waals surface area contributed by atoms with Crippen molar-refractivity contribution in [2.75, 3.05) is 11.9 Å². The molecule has 0 spiro atoms. The minimum atomic E-state index is -0.502. The molecule has 1 saturated carbocycles. The lowest BCUT2D eigenvalue weighted by atomic mass is 9.94. The maximum absolute atomic E-state index is 12.8. The fourth-order valence-electron chi connectivity index (χ4n) is 2.69. The van der Waals surface area contributed by atoms with E-state index in [-0.39, 0.29) is 5.91 Å². The van der Waals surface area contributed by atoms with Crippen molar-refractivity contribution in [3.63, 3.8) is 0 Å². The molecule has 4 heteroatoms. The molecule has 1 N–H and O–H groups in total. The van der Waals surface area contributed by atoms with Crippen molar-refractivity contribution in [1.82, 2.24) is 0 Å². The van der Waals surface area contributed by atoms with E-state index in [0.717, 1.165) is 18.4 Å². The Balaban J connectivity index is 1.85. The van der Waals surface area contributed by atoms with Crippen molar-refractivity contribution in [2.45, 2.75) is 25.2 Å². The third-order valence-electron chi connectivity index (χ3n) is 4.01. The third kappa shape index (κ3) is 2.69. The van der Waals surface area contributed by atoms with Gasteiger partial charge in [0.2, 0.25) is 5.91 Å². The Kier molecular flexibility index (Phi) is 4.08. The summed E-state index contributed by atoms with van der Waals surface area (Å²) in [7, 11) is 0. The van der Waals surface area contributed by atoms with Crippen LogP contribution in [-0.4, -0.2) is 12.5 Å². The van der Waals surface area contributed by atoms with Crippen molar-refractivity contribution >= 4 is 23.2 Å². The molecule has 1 aliphatic rings. The molecular formula is C18H18ClNO2. The van der Waals surface area contributed by atoms with E-state index >= 15 is 0 Å². The maximum Gasteiger partial charge on any atom is 0.235 e. The van der Waals surface area contributed by atoms with Gasteiger partial charge in [0.1, 0.15) is 5.75 Å². The largest absolute Gasteiger partial charge is 0.492 e. The van der Waals surface area contributed by atoms with Crippen LogP contribution >= 0.6 is 11.6 Å². The van der Waals surface area contributed by atoms with Gasteiger partial charge in [0.15, 0.2) is 0 Å². The first-order valence-electron chi connectivity index (χ1n) is 7.45. The van der Waals surface area contributed by atoms with E-state index in [0.29, 0.717) is 23.1 Å². The minimum Gasteiger partial charge on any atom is -0.492 e. The van der Waals surface area contributed by atoms with Gasteiger partial charge in [-0.25, -0.2) is 0 Å². The van der Waals surface area contributed by atoms with Gasteiger partial charge in [0.25, 0.3) is 0 Å². The highest BCUT2D eigenvalue weighted by molar-refractivity contribution is 6.32. The van der Waals surface area contributed by atoms with E-state index in [9.17, 15) is 4.79 Å². The number of hydrogen-bond acceptors (Lipinski definition) is 2. The Labute approximate surface area is 135 Å². The highest BCUT2D eigenvalue weighted by atomic mass is 35.5. The molecule has 2 aromatic carbocycles. The molecule has 2 aromatic rings. The monoisotopic (exact) mass is 315 g/mol. The Morgan fingerprint density at radius 2 is 1.86 bits per heavy atom. The molecule has 0 unspecified atom stereocenters. The summed E-state index contributed by atoms with van der Waals surface area (Å²) >= 11 is 6.27. The Morgan fingerprint density at radius 3 is 2.55 bits per heavy atom. The number of amides is 1. The lowest BCUT2D eigenvalue weighted by Crippen LogP contribution is -2.28. The lowest BCUT2D eigenvalue weighted by Gasteiger charge is -2.18. The molecule has 0 aliphatic heterocycles. The lowest BCUT2D eigenvalue weighted by molar-refractivity contribution is -0.118. The number of para-hydroxylation sites is 2. The second-order valence-electron chi connectivity index (χ2n) is 5.45. The van der Waals surface area contributed by atoms with E-state index in [1.54, 1.807) is 0 Å². The summed E-state index contributed by atoms with van der Waals surface area (Å²) < 4.78 is 5.56. The van der Waals surface area contributed by atoms with Gasteiger partial charge in [-0.2, -0.15) is 0 Å². The van der Waals surface area contributed by atoms with Gasteiger partial charge in [0, 0.05) is 5.02 Å². The van der Waals surface area contributed by atoms with Crippen LogP contribution in [0.25, 0.3) is 0 Å². The molecule has 0 heterocycles. The van der Waals surface area contributed by atoms with E-state index in [2.05, 4.69) is 5.32 Å². The molecule has 0 bridgehead atoms. The summed E-state index contributed by atoms with van der Waals surface area (Å²) in [6.45, 7) is 2.48. The van der Waals surface area contributed by atoms with Gasteiger partial charge >= 0.3 is 0 Å². The summed E-state index contributed by atoms with van der Waals surface area (Å²) in [5.41, 5.74) is 1.10. The summed E-state index contributed by atoms with van der Waals surface area (Å²) in [4.78, 5) is 12.8. The van der Waals surface area contributed by atoms with Crippen molar-refractivity contribution in [3.8, 4) is 5.75 Å². The molecule has 1 aliphatic carbocycles. The van der Waals surface area contributed by atoms with Crippen LogP contribution in [0, 0.1) is 0 Å². The third-order valence-corrected chi connectivity index (χ3v) is 4.34. The number of hydrogen-bond donors (Lipinski definition) is 1. The molecular weight excluding hydrogens is 298 g/mol. The fraction of sp³-hybridized carbons (Fsp3) is 0.278. The van der Waals surface area contributed by atoms with E-state index in [4.69, 9.17) is 16.3 Å². The fourth-order valence-corrected chi connectivity index (χ4v) is 3.00. The molecule has 3 nitrogen and oxygen atoms in total. The molecule has 0 saturated heterocycles. The topological polar surface area (TPSA) is 38.3 Å². The molecule has 114 valence electrons. The number of nitrogens with one attached hydrogen (secondary N) is 1. The van der Waals surface area contributed by atoms with Crippen LogP contribution in [0.15, 0.2) is 48.5 Å². The van der Waals surface area contributed by atoms with Crippen molar-refractivity contribution in [3.05, 3.63) is 59.1 Å². The summed E-state index contributed by atoms with van der Waals surface area (Å²) in [5.74, 6) is 0.668. The zero-order valence-corrected chi connectivity index (χ0v) is 13.2. The average Bonchev–Trinajstić information content (AvgIpc) is 3.31. The van der Waals surface area contributed by atoms with E-state index in [1.807, 2.05) is 55.5 Å². The molecule has 22 heavy (non-hydrogen) atoms. The van der Waals surface area contributed by atoms with Crippen LogP contribution in [0.2, 0.25) is 5.02 Å². The number of rotatable bonds is 5. The van der Waals surface area contributed by atoms with E-state index in [1.165, 1.54) is 0 Å². The standard InChI is InChI=1S/C18H18ClNO2/c1-2-22-16-10-6-5-9-15(16)20-17(21)18(11-12-18)13-7-3-4-8-14(13)19/h3-10H,2,11-12H2,1H3,(H,20,21). The first kappa shape index (κ1) is 14.9. The predicted molar refractivity (Wildman–Crippen MR) is 88.6 cm³/mol. The van der Waals surface area contributed by atoms with Crippen LogP contribution in [-0.2, 0) is 10.2 Å². The van der Waals surface area contributed by atoms with Crippen LogP contribution in [0.3, 0.4) is 0 Å². The number of halogens is 1. The van der Waals surface area contributed by atoms with Crippen molar-refractivity contribution < 1.29 is 9.53 Å². The minimum absolute atomic E-state index is 0.0206. The first-order valence-corrected chi connectivity index (χ1v) is 7.83. The van der Waals surface area contributed by atoms with Crippen molar-refractivity contribution in [2.24, 2.45) is 0 Å². The number of benzene rings is 2. The normalized spacial score (nSPS) is 15.2. The predicted octanol–water partition coefficient (Wildman–Crippen LogP) is 4.41. The van der Waals surface area contributed by atoms with Crippen LogP contribution in [0.4, 0.5) is 5.69 Å². The Morgan fingerprint density at radius 1 is 1.18 bits per heavy atom. The SMILES string of the molecule is CCOc1ccccc1NC(=O)C1(c2ccccc2Cl)CC1. The van der Waals surface area contributed by atoms with E-state index < -0.39 is 5.41 Å². The number of carbonyl (C=O) groups is 1. The van der Waals surface area contributed by atoms with Crippen LogP contribution in [0.5, 0.6) is 5.75 Å². The number of anilines is 1. The van der Waals surface area contributed by atoms with Crippen LogP contribution < -0.4 is 10.1 Å². The highest BCUT2D eigenvalue weighted by Gasteiger charge is 2.52. The highest BCUT2D eigenvalue weighted by Crippen LogP contribution is 2.51. The molecule has 0 radical (unpaired) electrons. The summed E-state index contributed by atoms with van der Waals surface area (Å²) in [6.07, 6.45) is 1.64. The second-order valence-corrected chi connectivity index (χ2v) is 5.85. The number of ether oxygens (including phenoxy) is 1. The van der Waals surface area contributed by atoms with Crippen molar-refractivity contribution in [1.29, 1.82) is 0 Å². The van der Waals surface area contributed by atoms with Gasteiger partial charge in [-0.15, -0.1) is 0 Å². The average molecular weight is 316 g/mol. The smallest absolute Gasteiger partial charge is 0.235 e. The van der Waals surface area contributed by atoms with Gasteiger partial charge in [-0.1, -0.05) is 41.9 Å². The zero-order valence-electron chi connectivity index (χ0n) is 12.4. The molecule has 0 aromatic heterocycles. The number of carbonyl (C=O) groups excluding carboxylic acids is 1. The quantitative estimate of drug-likeness (QED) is 0.887. The van der Waals surface area contributed by atoms with Gasteiger partial charge in [0.05, 0.1) is 17.7 Å². The molecule has 1 amide bonds. The Hall–Kier alpha value is -2.00. The second kappa shape index (κ2) is 6.01. The van der Waals surface area contributed by atoms with Crippen LogP contribution in [0.1, 0.15) is 25.3 Å². The van der Waals surface area contributed by atoms with Gasteiger partial charge < -0.3 is 10.1 Å². The molecule has 1 fully saturated rings. The van der Waals surface area contributed by atoms with Gasteiger partial charge in [-0.3, -0.25) is 4.79 Å². The first-order chi connectivity index (χ1) is 10.7. The Bertz CT molecular complexity index is 695. The summed E-state index contributed by atoms with van der Waals surface area (Å²) in [5, 5.41) is 3.65. The summed E-state index contributed by atoms with van der Waals surface area (Å²) in [6, 6.07) is 15.0.